The van der Waals surface area contributed by atoms with Crippen LogP contribution in [0.5, 0.6) is 5.75 Å². The lowest BCUT2D eigenvalue weighted by Gasteiger charge is -2.21. The maximum atomic E-state index is 12.9. The van der Waals surface area contributed by atoms with Crippen LogP contribution in [0.15, 0.2) is 66.7 Å². The Hall–Kier alpha value is -3.80. The van der Waals surface area contributed by atoms with Crippen LogP contribution in [-0.2, 0) is 33.8 Å². The molecule has 184 valence electrons. The number of ether oxygens (including phenoxy) is 3. The summed E-state index contributed by atoms with van der Waals surface area (Å²) in [5.41, 5.74) is 5.50. The van der Waals surface area contributed by atoms with Crippen molar-refractivity contribution in [2.75, 3.05) is 20.3 Å². The predicted octanol–water partition coefficient (Wildman–Crippen LogP) is 5.93. The van der Waals surface area contributed by atoms with E-state index in [0.717, 1.165) is 33.4 Å². The monoisotopic (exact) mass is 475 g/mol. The molecule has 6 nitrogen and oxygen atoms in total. The van der Waals surface area contributed by atoms with Gasteiger partial charge in [0, 0.05) is 18.7 Å². The van der Waals surface area contributed by atoms with Crippen LogP contribution in [0.3, 0.4) is 0 Å². The molecule has 0 atom stereocenters. The van der Waals surface area contributed by atoms with Crippen LogP contribution >= 0.6 is 0 Å². The molecule has 0 unspecified atom stereocenters. The molecule has 0 aliphatic heterocycles. The van der Waals surface area contributed by atoms with Gasteiger partial charge in [-0.25, -0.2) is 4.79 Å². The van der Waals surface area contributed by atoms with Crippen LogP contribution in [0.2, 0.25) is 0 Å². The highest BCUT2D eigenvalue weighted by Crippen LogP contribution is 2.34. The zero-order valence-electron chi connectivity index (χ0n) is 20.9. The third-order valence-electron chi connectivity index (χ3n) is 5.68. The summed E-state index contributed by atoms with van der Waals surface area (Å²) in [7, 11) is 1.61. The maximum Gasteiger partial charge on any atom is 0.410 e. The lowest BCUT2D eigenvalue weighted by atomic mass is 9.95. The van der Waals surface area contributed by atoms with Crippen molar-refractivity contribution in [2.24, 2.45) is 0 Å². The molecule has 0 radical (unpaired) electrons. The maximum absolute atomic E-state index is 12.9. The highest BCUT2D eigenvalue weighted by Gasteiger charge is 2.17. The van der Waals surface area contributed by atoms with E-state index in [4.69, 9.17) is 14.2 Å². The Bertz CT molecular complexity index is 1140. The molecule has 6 heteroatoms. The van der Waals surface area contributed by atoms with Gasteiger partial charge in [0.1, 0.15) is 12.4 Å². The summed E-state index contributed by atoms with van der Waals surface area (Å²) in [6.07, 6.45) is -0.196. The van der Waals surface area contributed by atoms with Gasteiger partial charge in [0.05, 0.1) is 20.1 Å². The largest absolute Gasteiger partial charge is 0.496 e. The van der Waals surface area contributed by atoms with Gasteiger partial charge in [0.25, 0.3) is 0 Å². The summed E-state index contributed by atoms with van der Waals surface area (Å²) in [6, 6.07) is 21.5. The van der Waals surface area contributed by atoms with Crippen molar-refractivity contribution in [2.45, 2.75) is 40.3 Å². The zero-order chi connectivity index (χ0) is 25.2. The van der Waals surface area contributed by atoms with Gasteiger partial charge in [0.15, 0.2) is 0 Å². The van der Waals surface area contributed by atoms with Gasteiger partial charge < -0.3 is 19.1 Å². The molecule has 1 amide bonds. The SMILES string of the molecule is CCOC(=O)Cc1ccc(OC)c(-c2ccc(C)cc2COC(=O)N(CC)Cc2ccccc2)c1. The van der Waals surface area contributed by atoms with E-state index in [1.165, 1.54) is 0 Å². The molecule has 0 aromatic heterocycles. The normalized spacial score (nSPS) is 10.5. The smallest absolute Gasteiger partial charge is 0.410 e. The molecule has 0 fully saturated rings. The molecule has 0 aliphatic rings. The number of carbonyl (C=O) groups excluding carboxylic acids is 2. The average molecular weight is 476 g/mol. The van der Waals surface area contributed by atoms with Crippen molar-refractivity contribution < 1.29 is 23.8 Å². The van der Waals surface area contributed by atoms with Crippen LogP contribution in [-0.4, -0.2) is 37.2 Å². The molecule has 0 bridgehead atoms. The molecule has 3 aromatic rings. The first kappa shape index (κ1) is 25.8. The highest BCUT2D eigenvalue weighted by atomic mass is 16.6. The molecule has 0 N–H and O–H groups in total. The lowest BCUT2D eigenvalue weighted by molar-refractivity contribution is -0.142. The zero-order valence-corrected chi connectivity index (χ0v) is 20.9. The van der Waals surface area contributed by atoms with Gasteiger partial charge in [-0.1, -0.05) is 60.2 Å². The number of hydrogen-bond donors (Lipinski definition) is 0. The van der Waals surface area contributed by atoms with Crippen molar-refractivity contribution >= 4 is 12.1 Å². The molecule has 0 spiro atoms. The standard InChI is InChI=1S/C29H33NO5/c1-5-30(19-22-10-8-7-9-11-22)29(32)35-20-24-16-21(3)12-14-25(24)26-17-23(13-15-27(26)33-4)18-28(31)34-6-2/h7-17H,5-6,18-20H2,1-4H3. The number of aryl methyl sites for hydroxylation is 1. The molecule has 0 heterocycles. The summed E-state index contributed by atoms with van der Waals surface area (Å²) in [5, 5.41) is 0. The van der Waals surface area contributed by atoms with Crippen molar-refractivity contribution in [3.05, 3.63) is 89.0 Å². The van der Waals surface area contributed by atoms with E-state index in [1.54, 1.807) is 18.9 Å². The van der Waals surface area contributed by atoms with Crippen LogP contribution < -0.4 is 4.74 Å². The minimum atomic E-state index is -0.369. The summed E-state index contributed by atoms with van der Waals surface area (Å²) in [6.45, 7) is 7.20. The van der Waals surface area contributed by atoms with Gasteiger partial charge >= 0.3 is 12.1 Å². The molecular formula is C29H33NO5. The molecule has 3 rings (SSSR count). The number of esters is 1. The number of amides is 1. The van der Waals surface area contributed by atoms with Crippen molar-refractivity contribution in [1.29, 1.82) is 0 Å². The minimum Gasteiger partial charge on any atom is -0.496 e. The number of rotatable bonds is 10. The third-order valence-corrected chi connectivity index (χ3v) is 5.68. The average Bonchev–Trinajstić information content (AvgIpc) is 2.86. The van der Waals surface area contributed by atoms with Crippen LogP contribution in [0.25, 0.3) is 11.1 Å². The third kappa shape index (κ3) is 7.09. The first-order valence-corrected chi connectivity index (χ1v) is 11.8. The summed E-state index contributed by atoms with van der Waals surface area (Å²) < 4.78 is 16.4. The van der Waals surface area contributed by atoms with Gasteiger partial charge in [0.2, 0.25) is 0 Å². The van der Waals surface area contributed by atoms with Crippen molar-refractivity contribution in [1.82, 2.24) is 4.90 Å². The second-order valence-electron chi connectivity index (χ2n) is 8.23. The van der Waals surface area contributed by atoms with Crippen LogP contribution in [0.4, 0.5) is 4.79 Å². The predicted molar refractivity (Wildman–Crippen MR) is 136 cm³/mol. The van der Waals surface area contributed by atoms with E-state index in [1.807, 2.05) is 80.6 Å². The first-order chi connectivity index (χ1) is 16.9. The Balaban J connectivity index is 1.83. The highest BCUT2D eigenvalue weighted by molar-refractivity contribution is 5.78. The lowest BCUT2D eigenvalue weighted by Crippen LogP contribution is -2.30. The molecular weight excluding hydrogens is 442 g/mol. The van der Waals surface area contributed by atoms with E-state index in [0.29, 0.717) is 25.4 Å². The Kier molecular flexibility index (Phi) is 9.30. The quantitative estimate of drug-likeness (QED) is 0.340. The Morgan fingerprint density at radius 1 is 0.857 bits per heavy atom. The van der Waals surface area contributed by atoms with E-state index in [2.05, 4.69) is 0 Å². The number of hydrogen-bond acceptors (Lipinski definition) is 5. The van der Waals surface area contributed by atoms with Crippen molar-refractivity contribution in [3.8, 4) is 16.9 Å². The van der Waals surface area contributed by atoms with Crippen molar-refractivity contribution in [3.63, 3.8) is 0 Å². The van der Waals surface area contributed by atoms with Crippen LogP contribution in [0, 0.1) is 6.92 Å². The molecule has 35 heavy (non-hydrogen) atoms. The fraction of sp³-hybridized carbons (Fsp3) is 0.310. The first-order valence-electron chi connectivity index (χ1n) is 11.8. The molecule has 0 saturated carbocycles. The summed E-state index contributed by atoms with van der Waals surface area (Å²) >= 11 is 0. The number of methoxy groups -OCH3 is 1. The molecule has 0 aliphatic carbocycles. The van der Waals surface area contributed by atoms with Gasteiger partial charge in [-0.15, -0.1) is 0 Å². The Labute approximate surface area is 207 Å². The second-order valence-corrected chi connectivity index (χ2v) is 8.23. The topological polar surface area (TPSA) is 65.1 Å². The fourth-order valence-corrected chi connectivity index (χ4v) is 3.90. The summed E-state index contributed by atoms with van der Waals surface area (Å²) in [5.74, 6) is 0.396. The number of nitrogens with zero attached hydrogens (tertiary/aromatic N) is 1. The fourth-order valence-electron chi connectivity index (χ4n) is 3.90. The summed E-state index contributed by atoms with van der Waals surface area (Å²) in [4.78, 5) is 26.6. The van der Waals surface area contributed by atoms with E-state index < -0.39 is 0 Å². The van der Waals surface area contributed by atoms with E-state index in [9.17, 15) is 9.59 Å². The number of carbonyl (C=O) groups is 2. The number of benzene rings is 3. The second kappa shape index (κ2) is 12.6. The molecule has 3 aromatic carbocycles. The van der Waals surface area contributed by atoms with Gasteiger partial charge in [-0.05, 0) is 55.2 Å². The molecule has 0 saturated heterocycles. The van der Waals surface area contributed by atoms with Gasteiger partial charge in [-0.2, -0.15) is 0 Å². The van der Waals surface area contributed by atoms with Crippen LogP contribution in [0.1, 0.15) is 36.1 Å². The van der Waals surface area contributed by atoms with Gasteiger partial charge in [-0.3, -0.25) is 4.79 Å². The minimum absolute atomic E-state index is 0.117. The van der Waals surface area contributed by atoms with E-state index in [-0.39, 0.29) is 25.1 Å². The Morgan fingerprint density at radius 2 is 1.63 bits per heavy atom. The van der Waals surface area contributed by atoms with E-state index >= 15 is 0 Å². The Morgan fingerprint density at radius 3 is 2.31 bits per heavy atom.